The topological polar surface area (TPSA) is 111 Å². The molecular formula is C23H25ClN2O6. The Morgan fingerprint density at radius 2 is 1.41 bits per heavy atom. The molecule has 9 heteroatoms. The summed E-state index contributed by atoms with van der Waals surface area (Å²) in [7, 11) is 0. The number of esters is 2. The number of benzene rings is 2. The van der Waals surface area contributed by atoms with E-state index in [1.54, 1.807) is 48.5 Å². The Bertz CT molecular complexity index is 929. The molecule has 0 aliphatic heterocycles. The van der Waals surface area contributed by atoms with Crippen molar-refractivity contribution in [3.05, 3.63) is 59.1 Å². The molecule has 0 atom stereocenters. The lowest BCUT2D eigenvalue weighted by atomic mass is 10.2. The summed E-state index contributed by atoms with van der Waals surface area (Å²) in [6, 6.07) is 12.9. The molecule has 0 aliphatic carbocycles. The van der Waals surface area contributed by atoms with Gasteiger partial charge in [0.2, 0.25) is 5.91 Å². The number of nitrogens with one attached hydrogen (secondary N) is 2. The van der Waals surface area contributed by atoms with Crippen LogP contribution in [0.1, 0.15) is 43.0 Å². The standard InChI is InChI=1S/C23H25ClN2O6/c1-2-14-31-23(30)16-6-10-18(11-7-16)25-20(27)4-3-5-22(29)32-15-21(28)26-19-12-8-17(24)9-13-19/h6-13H,2-5,14-15H2,1H3,(H,25,27)(H,26,28). The molecule has 0 saturated carbocycles. The van der Waals surface area contributed by atoms with Gasteiger partial charge in [0.25, 0.3) is 5.91 Å². The summed E-state index contributed by atoms with van der Waals surface area (Å²) in [5, 5.41) is 5.81. The zero-order valence-corrected chi connectivity index (χ0v) is 18.4. The molecule has 0 bridgehead atoms. The lowest BCUT2D eigenvalue weighted by molar-refractivity contribution is -0.147. The second kappa shape index (κ2) is 13.1. The van der Waals surface area contributed by atoms with Crippen molar-refractivity contribution >= 4 is 46.7 Å². The van der Waals surface area contributed by atoms with Gasteiger partial charge in [0.05, 0.1) is 12.2 Å². The number of amides is 2. The lowest BCUT2D eigenvalue weighted by Crippen LogP contribution is -2.21. The third-order valence-corrected chi connectivity index (χ3v) is 4.37. The van der Waals surface area contributed by atoms with Gasteiger partial charge in [0, 0.05) is 29.2 Å². The smallest absolute Gasteiger partial charge is 0.338 e. The molecule has 2 amide bonds. The fraction of sp³-hybridized carbons (Fsp3) is 0.304. The molecule has 2 aromatic rings. The molecule has 0 heterocycles. The van der Waals surface area contributed by atoms with Gasteiger partial charge in [-0.15, -0.1) is 0 Å². The van der Waals surface area contributed by atoms with Gasteiger partial charge in [-0.05, 0) is 61.4 Å². The average molecular weight is 461 g/mol. The minimum Gasteiger partial charge on any atom is -0.462 e. The Morgan fingerprint density at radius 3 is 2.03 bits per heavy atom. The average Bonchev–Trinajstić information content (AvgIpc) is 2.78. The van der Waals surface area contributed by atoms with Crippen molar-refractivity contribution in [3.63, 3.8) is 0 Å². The maximum absolute atomic E-state index is 12.0. The van der Waals surface area contributed by atoms with Crippen LogP contribution < -0.4 is 10.6 Å². The molecular weight excluding hydrogens is 436 g/mol. The molecule has 2 N–H and O–H groups in total. The summed E-state index contributed by atoms with van der Waals surface area (Å²) in [5.41, 5.74) is 1.47. The molecule has 170 valence electrons. The summed E-state index contributed by atoms with van der Waals surface area (Å²) >= 11 is 5.77. The Labute approximate surface area is 191 Å². The maximum atomic E-state index is 12.0. The van der Waals surface area contributed by atoms with Crippen LogP contribution in [-0.2, 0) is 23.9 Å². The minimum absolute atomic E-state index is 0.00382. The highest BCUT2D eigenvalue weighted by Gasteiger charge is 2.11. The third-order valence-electron chi connectivity index (χ3n) is 4.12. The van der Waals surface area contributed by atoms with Crippen LogP contribution in [0.5, 0.6) is 0 Å². The van der Waals surface area contributed by atoms with Crippen molar-refractivity contribution < 1.29 is 28.7 Å². The molecule has 2 rings (SSSR count). The van der Waals surface area contributed by atoms with Crippen LogP contribution in [0.2, 0.25) is 5.02 Å². The van der Waals surface area contributed by atoms with Gasteiger partial charge in [-0.1, -0.05) is 18.5 Å². The number of halogens is 1. The van der Waals surface area contributed by atoms with Crippen molar-refractivity contribution in [2.24, 2.45) is 0 Å². The largest absolute Gasteiger partial charge is 0.462 e. The van der Waals surface area contributed by atoms with E-state index in [1.807, 2.05) is 6.92 Å². The Kier molecular flexibility index (Phi) is 10.2. The zero-order valence-electron chi connectivity index (χ0n) is 17.7. The third kappa shape index (κ3) is 9.18. The predicted molar refractivity (Wildman–Crippen MR) is 121 cm³/mol. The first-order valence-electron chi connectivity index (χ1n) is 10.2. The molecule has 32 heavy (non-hydrogen) atoms. The van der Waals surface area contributed by atoms with E-state index in [9.17, 15) is 19.2 Å². The van der Waals surface area contributed by atoms with Crippen LogP contribution in [0.25, 0.3) is 0 Å². The molecule has 0 radical (unpaired) electrons. The second-order valence-corrected chi connectivity index (χ2v) is 7.27. The van der Waals surface area contributed by atoms with Gasteiger partial charge in [-0.2, -0.15) is 0 Å². The van der Waals surface area contributed by atoms with E-state index in [2.05, 4.69) is 10.6 Å². The molecule has 0 saturated heterocycles. The van der Waals surface area contributed by atoms with E-state index in [0.717, 1.165) is 6.42 Å². The van der Waals surface area contributed by atoms with Crippen LogP contribution in [0, 0.1) is 0 Å². The van der Waals surface area contributed by atoms with E-state index in [0.29, 0.717) is 28.6 Å². The summed E-state index contributed by atoms with van der Waals surface area (Å²) < 4.78 is 9.95. The van der Waals surface area contributed by atoms with Crippen molar-refractivity contribution in [3.8, 4) is 0 Å². The highest BCUT2D eigenvalue weighted by molar-refractivity contribution is 6.30. The number of hydrogen-bond acceptors (Lipinski definition) is 6. The van der Waals surface area contributed by atoms with Crippen molar-refractivity contribution in [2.45, 2.75) is 32.6 Å². The lowest BCUT2D eigenvalue weighted by Gasteiger charge is -2.08. The van der Waals surface area contributed by atoms with E-state index in [4.69, 9.17) is 21.1 Å². The van der Waals surface area contributed by atoms with Gasteiger partial charge in [0.15, 0.2) is 6.61 Å². The van der Waals surface area contributed by atoms with Gasteiger partial charge < -0.3 is 20.1 Å². The first-order valence-corrected chi connectivity index (χ1v) is 10.5. The molecule has 2 aromatic carbocycles. The Balaban J connectivity index is 1.63. The molecule has 0 unspecified atom stereocenters. The first kappa shape index (κ1) is 24.9. The van der Waals surface area contributed by atoms with Crippen LogP contribution in [0.4, 0.5) is 11.4 Å². The second-order valence-electron chi connectivity index (χ2n) is 6.83. The number of carbonyl (C=O) groups is 4. The number of carbonyl (C=O) groups excluding carboxylic acids is 4. The van der Waals surface area contributed by atoms with Gasteiger partial charge in [-0.3, -0.25) is 14.4 Å². The SMILES string of the molecule is CCCOC(=O)c1ccc(NC(=O)CCCC(=O)OCC(=O)Nc2ccc(Cl)cc2)cc1. The van der Waals surface area contributed by atoms with E-state index in [-0.39, 0.29) is 25.2 Å². The summed E-state index contributed by atoms with van der Waals surface area (Å²) in [4.78, 5) is 47.3. The van der Waals surface area contributed by atoms with Gasteiger partial charge in [-0.25, -0.2) is 4.79 Å². The normalized spacial score (nSPS) is 10.2. The molecule has 0 aromatic heterocycles. The monoisotopic (exact) mass is 460 g/mol. The Morgan fingerprint density at radius 1 is 0.812 bits per heavy atom. The van der Waals surface area contributed by atoms with E-state index in [1.165, 1.54) is 0 Å². The summed E-state index contributed by atoms with van der Waals surface area (Å²) in [6.07, 6.45) is 1.12. The van der Waals surface area contributed by atoms with E-state index >= 15 is 0 Å². The van der Waals surface area contributed by atoms with Gasteiger partial charge in [0.1, 0.15) is 0 Å². The zero-order chi connectivity index (χ0) is 23.3. The number of hydrogen-bond donors (Lipinski definition) is 2. The van der Waals surface area contributed by atoms with Crippen molar-refractivity contribution in [1.29, 1.82) is 0 Å². The van der Waals surface area contributed by atoms with Crippen LogP contribution in [-0.4, -0.2) is 37.0 Å². The van der Waals surface area contributed by atoms with Crippen LogP contribution in [0.15, 0.2) is 48.5 Å². The Hall–Kier alpha value is -3.39. The summed E-state index contributed by atoms with van der Waals surface area (Å²) in [5.74, 6) is -1.73. The van der Waals surface area contributed by atoms with Crippen LogP contribution in [0.3, 0.4) is 0 Å². The maximum Gasteiger partial charge on any atom is 0.338 e. The number of anilines is 2. The highest BCUT2D eigenvalue weighted by Crippen LogP contribution is 2.14. The molecule has 0 fully saturated rings. The number of rotatable bonds is 11. The fourth-order valence-electron chi connectivity index (χ4n) is 2.53. The summed E-state index contributed by atoms with van der Waals surface area (Å²) in [6.45, 7) is 1.85. The highest BCUT2D eigenvalue weighted by atomic mass is 35.5. The van der Waals surface area contributed by atoms with Crippen LogP contribution >= 0.6 is 11.6 Å². The van der Waals surface area contributed by atoms with Crippen molar-refractivity contribution in [2.75, 3.05) is 23.8 Å². The number of ether oxygens (including phenoxy) is 2. The molecule has 0 aliphatic rings. The minimum atomic E-state index is -0.570. The quantitative estimate of drug-likeness (QED) is 0.486. The predicted octanol–water partition coefficient (Wildman–Crippen LogP) is 4.20. The fourth-order valence-corrected chi connectivity index (χ4v) is 2.66. The first-order chi connectivity index (χ1) is 15.4. The molecule has 8 nitrogen and oxygen atoms in total. The van der Waals surface area contributed by atoms with E-state index < -0.39 is 24.5 Å². The van der Waals surface area contributed by atoms with Crippen molar-refractivity contribution in [1.82, 2.24) is 0 Å². The van der Waals surface area contributed by atoms with Gasteiger partial charge >= 0.3 is 11.9 Å². The molecule has 0 spiro atoms.